The lowest BCUT2D eigenvalue weighted by Crippen LogP contribution is -2.20. The highest BCUT2D eigenvalue weighted by Gasteiger charge is 2.14. The van der Waals surface area contributed by atoms with Gasteiger partial charge in [-0.25, -0.2) is 0 Å². The van der Waals surface area contributed by atoms with Crippen molar-refractivity contribution in [3.63, 3.8) is 0 Å². The first-order chi connectivity index (χ1) is 11.7. The summed E-state index contributed by atoms with van der Waals surface area (Å²) in [6, 6.07) is 0. The number of hydrogen-bond donors (Lipinski definition) is 1. The Labute approximate surface area is 160 Å². The third kappa shape index (κ3) is 35.5. The Balaban J connectivity index is -0.000000166. The lowest BCUT2D eigenvalue weighted by Gasteiger charge is -2.23. The van der Waals surface area contributed by atoms with E-state index in [0.29, 0.717) is 0 Å². The van der Waals surface area contributed by atoms with Crippen molar-refractivity contribution in [2.24, 2.45) is 11.8 Å². The van der Waals surface area contributed by atoms with Crippen molar-refractivity contribution in [1.82, 2.24) is 5.32 Å². The van der Waals surface area contributed by atoms with Crippen molar-refractivity contribution in [1.29, 1.82) is 0 Å². The van der Waals surface area contributed by atoms with Crippen LogP contribution in [0.1, 0.15) is 101 Å². The molecule has 0 aromatic heterocycles. The fraction of sp³-hybridized carbons (Fsp3) is 0.955. The molecule has 0 aliphatic heterocycles. The van der Waals surface area contributed by atoms with Crippen LogP contribution < -0.4 is 5.32 Å². The number of aldehydes is 1. The van der Waals surface area contributed by atoms with Crippen LogP contribution in [0.25, 0.3) is 0 Å². The summed E-state index contributed by atoms with van der Waals surface area (Å²) in [5, 5.41) is 3.42. The van der Waals surface area contributed by atoms with Gasteiger partial charge in [0.05, 0.1) is 5.60 Å². The first-order valence-electron chi connectivity index (χ1n) is 10.4. The van der Waals surface area contributed by atoms with Crippen LogP contribution in [0.3, 0.4) is 0 Å². The molecule has 0 radical (unpaired) electrons. The summed E-state index contributed by atoms with van der Waals surface area (Å²) in [6.45, 7) is 23.0. The molecule has 3 heteroatoms. The molecule has 25 heavy (non-hydrogen) atoms. The average Bonchev–Trinajstić information content (AvgIpc) is 2.57. The van der Waals surface area contributed by atoms with Gasteiger partial charge in [-0.05, 0) is 59.0 Å². The number of carbonyl (C=O) groups is 1. The monoisotopic (exact) mass is 361 g/mol. The molecule has 156 valence electrons. The van der Waals surface area contributed by atoms with E-state index in [1.165, 1.54) is 45.6 Å². The maximum atomic E-state index is 8.81. The SMILES string of the molecule is CC.CC=O.CCCC(CCC)C(C)CCNCC.COC(C)(C)C. The number of ether oxygens (including phenoxy) is 1. The molecule has 0 aromatic rings. The Morgan fingerprint density at radius 1 is 1.00 bits per heavy atom. The highest BCUT2D eigenvalue weighted by molar-refractivity contribution is 5.44. The van der Waals surface area contributed by atoms with E-state index >= 15 is 0 Å². The lowest BCUT2D eigenvalue weighted by molar-refractivity contribution is -0.106. The van der Waals surface area contributed by atoms with E-state index in [9.17, 15) is 0 Å². The molecule has 0 aliphatic rings. The summed E-state index contributed by atoms with van der Waals surface area (Å²) in [5.74, 6) is 1.86. The van der Waals surface area contributed by atoms with Crippen LogP contribution in [0.4, 0.5) is 0 Å². The smallest absolute Gasteiger partial charge is 0.116 e. The second-order valence-electron chi connectivity index (χ2n) is 7.01. The van der Waals surface area contributed by atoms with Crippen molar-refractivity contribution >= 4 is 6.29 Å². The Morgan fingerprint density at radius 2 is 1.36 bits per heavy atom. The zero-order chi connectivity index (χ0) is 20.7. The summed E-state index contributed by atoms with van der Waals surface area (Å²) >= 11 is 0. The first kappa shape index (κ1) is 32.3. The molecule has 0 aliphatic carbocycles. The number of rotatable bonds is 9. The summed E-state index contributed by atoms with van der Waals surface area (Å²) in [5.41, 5.74) is 0.0417. The molecule has 0 bridgehead atoms. The molecule has 0 spiro atoms. The quantitative estimate of drug-likeness (QED) is 0.376. The second kappa shape index (κ2) is 25.8. The number of nitrogens with one attached hydrogen (secondary N) is 1. The highest BCUT2D eigenvalue weighted by Crippen LogP contribution is 2.24. The lowest BCUT2D eigenvalue weighted by atomic mass is 9.84. The van der Waals surface area contributed by atoms with E-state index in [-0.39, 0.29) is 5.60 Å². The van der Waals surface area contributed by atoms with Gasteiger partial charge >= 0.3 is 0 Å². The fourth-order valence-electron chi connectivity index (χ4n) is 2.20. The van der Waals surface area contributed by atoms with Crippen molar-refractivity contribution in [3.05, 3.63) is 0 Å². The van der Waals surface area contributed by atoms with Gasteiger partial charge in [-0.15, -0.1) is 0 Å². The van der Waals surface area contributed by atoms with E-state index in [4.69, 9.17) is 9.53 Å². The van der Waals surface area contributed by atoms with E-state index in [1.807, 2.05) is 34.6 Å². The van der Waals surface area contributed by atoms with Crippen LogP contribution in [0.15, 0.2) is 0 Å². The molecule has 0 aromatic carbocycles. The molecular formula is C22H51NO2. The summed E-state index contributed by atoms with van der Waals surface area (Å²) in [4.78, 5) is 8.81. The van der Waals surface area contributed by atoms with Crippen LogP contribution in [0, 0.1) is 11.8 Å². The van der Waals surface area contributed by atoms with E-state index in [0.717, 1.165) is 24.7 Å². The number of methoxy groups -OCH3 is 1. The predicted molar refractivity (Wildman–Crippen MR) is 115 cm³/mol. The molecule has 0 heterocycles. The van der Waals surface area contributed by atoms with Crippen LogP contribution in [0.5, 0.6) is 0 Å². The van der Waals surface area contributed by atoms with Gasteiger partial charge in [0.2, 0.25) is 0 Å². The molecule has 1 atom stereocenters. The normalized spacial score (nSPS) is 11.2. The van der Waals surface area contributed by atoms with Crippen molar-refractivity contribution in [3.8, 4) is 0 Å². The van der Waals surface area contributed by atoms with Crippen LogP contribution in [0.2, 0.25) is 0 Å². The molecule has 0 saturated heterocycles. The van der Waals surface area contributed by atoms with Gasteiger partial charge < -0.3 is 14.8 Å². The molecule has 0 saturated carbocycles. The number of carbonyl (C=O) groups excluding carboxylic acids is 1. The minimum absolute atomic E-state index is 0.0417. The highest BCUT2D eigenvalue weighted by atomic mass is 16.5. The van der Waals surface area contributed by atoms with Gasteiger partial charge in [-0.1, -0.05) is 67.2 Å². The zero-order valence-electron chi connectivity index (χ0n) is 19.5. The third-order valence-corrected chi connectivity index (χ3v) is 3.76. The Hall–Kier alpha value is -0.410. The Bertz CT molecular complexity index is 219. The van der Waals surface area contributed by atoms with Gasteiger partial charge in [0.15, 0.2) is 0 Å². The molecular weight excluding hydrogens is 310 g/mol. The second-order valence-corrected chi connectivity index (χ2v) is 7.01. The van der Waals surface area contributed by atoms with E-state index < -0.39 is 0 Å². The zero-order valence-corrected chi connectivity index (χ0v) is 19.5. The third-order valence-electron chi connectivity index (χ3n) is 3.76. The van der Waals surface area contributed by atoms with Crippen LogP contribution in [-0.4, -0.2) is 32.1 Å². The van der Waals surface area contributed by atoms with Gasteiger partial charge in [0.25, 0.3) is 0 Å². The first-order valence-corrected chi connectivity index (χ1v) is 10.4. The predicted octanol–water partition coefficient (Wildman–Crippen LogP) is 6.50. The molecule has 0 fully saturated rings. The Morgan fingerprint density at radius 3 is 1.60 bits per heavy atom. The minimum atomic E-state index is 0.0417. The molecule has 0 amide bonds. The largest absolute Gasteiger partial charge is 0.379 e. The van der Waals surface area contributed by atoms with Crippen molar-refractivity contribution in [2.45, 2.75) is 107 Å². The molecule has 3 nitrogen and oxygen atoms in total. The fourth-order valence-corrected chi connectivity index (χ4v) is 2.20. The minimum Gasteiger partial charge on any atom is -0.379 e. The van der Waals surface area contributed by atoms with Crippen molar-refractivity contribution < 1.29 is 9.53 Å². The molecule has 1 unspecified atom stereocenters. The van der Waals surface area contributed by atoms with E-state index in [2.05, 4.69) is 33.0 Å². The van der Waals surface area contributed by atoms with E-state index in [1.54, 1.807) is 7.11 Å². The molecule has 0 rings (SSSR count). The molecule has 1 N–H and O–H groups in total. The maximum Gasteiger partial charge on any atom is 0.116 e. The van der Waals surface area contributed by atoms with Gasteiger partial charge in [0, 0.05) is 7.11 Å². The Kier molecular flexibility index (Phi) is 33.3. The van der Waals surface area contributed by atoms with Gasteiger partial charge in [-0.2, -0.15) is 0 Å². The van der Waals surface area contributed by atoms with Gasteiger partial charge in [-0.3, -0.25) is 0 Å². The average molecular weight is 362 g/mol. The topological polar surface area (TPSA) is 38.3 Å². The van der Waals surface area contributed by atoms with Crippen molar-refractivity contribution in [2.75, 3.05) is 20.2 Å². The standard InChI is InChI=1S/C13H29N.C5H12O.C2H4O.C2H6/c1-5-8-13(9-6-2)12(4)10-11-14-7-3;1-5(2,3)6-4;1-2-3;1-2/h12-14H,5-11H2,1-4H3;1-4H3;2H,1H3;1-2H3. The van der Waals surface area contributed by atoms with Crippen LogP contribution in [-0.2, 0) is 9.53 Å². The van der Waals surface area contributed by atoms with Crippen LogP contribution >= 0.6 is 0 Å². The summed E-state index contributed by atoms with van der Waals surface area (Å²) < 4.78 is 4.94. The maximum absolute atomic E-state index is 8.81. The summed E-state index contributed by atoms with van der Waals surface area (Å²) in [6.07, 6.45) is 7.62. The number of hydrogen-bond acceptors (Lipinski definition) is 3. The van der Waals surface area contributed by atoms with Gasteiger partial charge in [0.1, 0.15) is 6.29 Å². The summed E-state index contributed by atoms with van der Waals surface area (Å²) in [7, 11) is 1.71.